The van der Waals surface area contributed by atoms with Gasteiger partial charge < -0.3 is 5.11 Å². The third-order valence-corrected chi connectivity index (χ3v) is 6.88. The van der Waals surface area contributed by atoms with E-state index in [2.05, 4.69) is 4.90 Å². The highest BCUT2D eigenvalue weighted by atomic mass is 32.2. The second-order valence-electron chi connectivity index (χ2n) is 5.15. The third-order valence-electron chi connectivity index (χ3n) is 3.97. The summed E-state index contributed by atoms with van der Waals surface area (Å²) in [6.45, 7) is 2.82. The quantitative estimate of drug-likeness (QED) is 0.897. The lowest BCUT2D eigenvalue weighted by atomic mass is 10.2. The van der Waals surface area contributed by atoms with Gasteiger partial charge in [-0.15, -0.1) is 11.3 Å². The van der Waals surface area contributed by atoms with Crippen LogP contribution < -0.4 is 0 Å². The molecule has 2 aliphatic heterocycles. The van der Waals surface area contributed by atoms with Gasteiger partial charge in [-0.1, -0.05) is 0 Å². The molecule has 2 fully saturated rings. The van der Waals surface area contributed by atoms with E-state index >= 15 is 0 Å². The van der Waals surface area contributed by atoms with Crippen LogP contribution in [0.3, 0.4) is 0 Å². The molecular weight excluding hydrogens is 300 g/mol. The Morgan fingerprint density at radius 3 is 2.85 bits per heavy atom. The minimum Gasteiger partial charge on any atom is -0.477 e. The number of piperazine rings is 1. The van der Waals surface area contributed by atoms with E-state index in [0.29, 0.717) is 19.1 Å². The molecule has 110 valence electrons. The molecule has 0 aromatic carbocycles. The van der Waals surface area contributed by atoms with Crippen LogP contribution in [0.1, 0.15) is 22.5 Å². The summed E-state index contributed by atoms with van der Waals surface area (Å²) >= 11 is 0.952. The second kappa shape index (κ2) is 5.10. The molecule has 2 saturated heterocycles. The van der Waals surface area contributed by atoms with Gasteiger partial charge >= 0.3 is 5.97 Å². The Bertz CT molecular complexity index is 625. The van der Waals surface area contributed by atoms with Crippen molar-refractivity contribution in [3.8, 4) is 0 Å². The largest absolute Gasteiger partial charge is 0.477 e. The van der Waals surface area contributed by atoms with E-state index in [4.69, 9.17) is 5.11 Å². The van der Waals surface area contributed by atoms with Gasteiger partial charge in [0.2, 0.25) is 10.0 Å². The molecule has 0 saturated carbocycles. The third kappa shape index (κ3) is 2.37. The van der Waals surface area contributed by atoms with Crippen LogP contribution in [0.2, 0.25) is 0 Å². The van der Waals surface area contributed by atoms with Gasteiger partial charge in [-0.2, -0.15) is 4.31 Å². The average Bonchev–Trinajstić information content (AvgIpc) is 3.07. The first kappa shape index (κ1) is 14.0. The van der Waals surface area contributed by atoms with Crippen molar-refractivity contribution in [3.63, 3.8) is 0 Å². The fraction of sp³-hybridized carbons (Fsp3) is 0.583. The van der Waals surface area contributed by atoms with Crippen LogP contribution in [-0.4, -0.2) is 60.9 Å². The Kier molecular flexibility index (Phi) is 3.57. The molecule has 1 unspecified atom stereocenters. The first-order valence-corrected chi connectivity index (χ1v) is 8.86. The van der Waals surface area contributed by atoms with Gasteiger partial charge in [0, 0.05) is 31.1 Å². The Labute approximate surface area is 121 Å². The number of rotatable bonds is 3. The fourth-order valence-electron chi connectivity index (χ4n) is 2.90. The van der Waals surface area contributed by atoms with Crippen LogP contribution in [0, 0.1) is 0 Å². The van der Waals surface area contributed by atoms with Crippen LogP contribution in [-0.2, 0) is 10.0 Å². The molecule has 0 aliphatic carbocycles. The molecule has 1 aromatic heterocycles. The number of hydrogen-bond donors (Lipinski definition) is 1. The molecule has 1 N–H and O–H groups in total. The molecule has 2 aliphatic rings. The van der Waals surface area contributed by atoms with Crippen LogP contribution in [0.25, 0.3) is 0 Å². The summed E-state index contributed by atoms with van der Waals surface area (Å²) in [4.78, 5) is 13.4. The number of nitrogens with zero attached hydrogens (tertiary/aromatic N) is 2. The molecule has 8 heteroatoms. The summed E-state index contributed by atoms with van der Waals surface area (Å²) < 4.78 is 26.6. The summed E-state index contributed by atoms with van der Waals surface area (Å²) in [5.74, 6) is -1.09. The van der Waals surface area contributed by atoms with E-state index in [1.807, 2.05) is 0 Å². The van der Waals surface area contributed by atoms with Crippen molar-refractivity contribution in [2.24, 2.45) is 0 Å². The summed E-state index contributed by atoms with van der Waals surface area (Å²) in [5.41, 5.74) is 0. The van der Waals surface area contributed by atoms with Crippen LogP contribution in [0.15, 0.2) is 16.3 Å². The Morgan fingerprint density at radius 1 is 1.35 bits per heavy atom. The van der Waals surface area contributed by atoms with Crippen molar-refractivity contribution >= 4 is 27.3 Å². The van der Waals surface area contributed by atoms with Crippen LogP contribution in [0.4, 0.5) is 0 Å². The maximum atomic E-state index is 12.5. The van der Waals surface area contributed by atoms with Crippen molar-refractivity contribution < 1.29 is 18.3 Å². The molecule has 0 spiro atoms. The average molecular weight is 316 g/mol. The predicted molar refractivity (Wildman–Crippen MR) is 74.6 cm³/mol. The van der Waals surface area contributed by atoms with Crippen LogP contribution >= 0.6 is 11.3 Å². The highest BCUT2D eigenvalue weighted by Crippen LogP contribution is 2.27. The van der Waals surface area contributed by atoms with Crippen LogP contribution in [0.5, 0.6) is 0 Å². The molecule has 0 radical (unpaired) electrons. The summed E-state index contributed by atoms with van der Waals surface area (Å²) in [6.07, 6.45) is 2.16. The fourth-order valence-corrected chi connectivity index (χ4v) is 5.46. The predicted octanol–water partition coefficient (Wildman–Crippen LogP) is 0.915. The molecule has 1 aromatic rings. The Balaban J connectivity index is 1.82. The maximum Gasteiger partial charge on any atom is 0.345 e. The monoisotopic (exact) mass is 316 g/mol. The smallest absolute Gasteiger partial charge is 0.345 e. The minimum atomic E-state index is -3.56. The zero-order valence-electron chi connectivity index (χ0n) is 10.9. The molecule has 0 amide bonds. The van der Waals surface area contributed by atoms with Gasteiger partial charge in [0.15, 0.2) is 0 Å². The number of hydrogen-bond acceptors (Lipinski definition) is 5. The van der Waals surface area contributed by atoms with Crippen molar-refractivity contribution in [3.05, 3.63) is 16.3 Å². The number of thiophene rings is 1. The second-order valence-corrected chi connectivity index (χ2v) is 8.00. The van der Waals surface area contributed by atoms with Gasteiger partial charge in [0.25, 0.3) is 0 Å². The lowest BCUT2D eigenvalue weighted by Gasteiger charge is -2.36. The standard InChI is InChI=1S/C12H16N2O4S2/c15-12(16)11-6-10(8-19-11)20(17,18)14-5-4-13-3-1-2-9(13)7-14/h6,8-9H,1-5,7H2,(H,15,16). The first-order chi connectivity index (χ1) is 9.48. The molecule has 0 bridgehead atoms. The maximum absolute atomic E-state index is 12.5. The van der Waals surface area contributed by atoms with E-state index < -0.39 is 16.0 Å². The van der Waals surface area contributed by atoms with Crippen molar-refractivity contribution in [1.82, 2.24) is 9.21 Å². The van der Waals surface area contributed by atoms with Crippen molar-refractivity contribution in [2.45, 2.75) is 23.8 Å². The van der Waals surface area contributed by atoms with Crippen molar-refractivity contribution in [2.75, 3.05) is 26.2 Å². The number of sulfonamides is 1. The Morgan fingerprint density at radius 2 is 2.15 bits per heavy atom. The number of carboxylic acid groups (broad SMARTS) is 1. The van der Waals surface area contributed by atoms with E-state index in [9.17, 15) is 13.2 Å². The van der Waals surface area contributed by atoms with E-state index in [0.717, 1.165) is 37.3 Å². The SMILES string of the molecule is O=C(O)c1cc(S(=O)(=O)N2CCN3CCCC3C2)cs1. The lowest BCUT2D eigenvalue weighted by Crippen LogP contribution is -2.51. The van der Waals surface area contributed by atoms with Crippen molar-refractivity contribution in [1.29, 1.82) is 0 Å². The van der Waals surface area contributed by atoms with E-state index in [1.54, 1.807) is 0 Å². The molecule has 1 atom stereocenters. The first-order valence-electron chi connectivity index (χ1n) is 6.54. The van der Waals surface area contributed by atoms with Gasteiger partial charge in [0.05, 0.1) is 4.90 Å². The summed E-state index contributed by atoms with van der Waals surface area (Å²) in [7, 11) is -3.56. The molecule has 20 heavy (non-hydrogen) atoms. The summed E-state index contributed by atoms with van der Waals surface area (Å²) in [5, 5.41) is 10.3. The topological polar surface area (TPSA) is 77.9 Å². The van der Waals surface area contributed by atoms with E-state index in [1.165, 1.54) is 15.8 Å². The molecule has 3 rings (SSSR count). The van der Waals surface area contributed by atoms with Gasteiger partial charge in [-0.3, -0.25) is 4.90 Å². The molecule has 6 nitrogen and oxygen atoms in total. The highest BCUT2D eigenvalue weighted by Gasteiger charge is 2.36. The van der Waals surface area contributed by atoms with Gasteiger partial charge in [-0.05, 0) is 25.5 Å². The highest BCUT2D eigenvalue weighted by molar-refractivity contribution is 7.89. The minimum absolute atomic E-state index is 0.0584. The van der Waals surface area contributed by atoms with Gasteiger partial charge in [-0.25, -0.2) is 13.2 Å². The molecular formula is C12H16N2O4S2. The number of aromatic carboxylic acids is 1. The zero-order valence-corrected chi connectivity index (χ0v) is 12.5. The number of carbonyl (C=O) groups is 1. The number of fused-ring (bicyclic) bond motifs is 1. The normalized spacial score (nSPS) is 24.7. The number of carboxylic acids is 1. The summed E-state index contributed by atoms with van der Waals surface area (Å²) in [6, 6.07) is 1.57. The lowest BCUT2D eigenvalue weighted by molar-refractivity contribution is 0.0702. The Hall–Kier alpha value is -0.960. The van der Waals surface area contributed by atoms with E-state index in [-0.39, 0.29) is 9.77 Å². The molecule has 3 heterocycles. The van der Waals surface area contributed by atoms with Gasteiger partial charge in [0.1, 0.15) is 4.88 Å². The zero-order chi connectivity index (χ0) is 14.3.